The molecule has 3 rings (SSSR count). The van der Waals surface area contributed by atoms with Crippen LogP contribution >= 0.6 is 0 Å². The summed E-state index contributed by atoms with van der Waals surface area (Å²) in [4.78, 5) is 41.3. The Balaban J connectivity index is 2.03. The number of hydrogen-bond acceptors (Lipinski definition) is 3. The third-order valence-electron chi connectivity index (χ3n) is 8.82. The molecule has 0 aromatic carbocycles. The first kappa shape index (κ1) is 27.2. The van der Waals surface area contributed by atoms with E-state index in [4.69, 9.17) is 0 Å². The SMILES string of the molecule is CC(C)CC12CC(CC(C)C)(CC(CC(C)C)(C(=O)N[C@H](C)C3CCCCC3)C1)C(=O)NC2=O. The molecular weight excluding hydrogens is 424 g/mol. The molecule has 1 heterocycles. The number of rotatable bonds is 9. The van der Waals surface area contributed by atoms with Crippen molar-refractivity contribution in [1.82, 2.24) is 10.6 Å². The molecular formula is C29H50N2O3. The van der Waals surface area contributed by atoms with E-state index >= 15 is 0 Å². The molecule has 0 radical (unpaired) electrons. The van der Waals surface area contributed by atoms with Gasteiger partial charge in [0.25, 0.3) is 0 Å². The molecule has 0 aromatic heterocycles. The first-order chi connectivity index (χ1) is 15.8. The van der Waals surface area contributed by atoms with Gasteiger partial charge in [0.05, 0.1) is 16.2 Å². The van der Waals surface area contributed by atoms with Crippen molar-refractivity contribution >= 4 is 17.7 Å². The van der Waals surface area contributed by atoms with Crippen LogP contribution in [0, 0.1) is 39.9 Å². The number of amides is 3. The standard InChI is InChI=1S/C29H50N2O3/c1-19(2)13-27(24(32)30-22(7)23-11-9-8-10-12-23)16-28(14-20(3)4)18-29(17-27,15-21(5)6)26(34)31-25(28)33/h19-23H,8-18H2,1-7H3,(H,30,32)(H,31,33,34)/t22-,27?,28?,29?/m1/s1. The van der Waals surface area contributed by atoms with E-state index in [9.17, 15) is 14.4 Å². The number of piperidine rings is 1. The zero-order valence-corrected chi connectivity index (χ0v) is 22.9. The van der Waals surface area contributed by atoms with Gasteiger partial charge in [-0.25, -0.2) is 0 Å². The predicted octanol–water partition coefficient (Wildman–Crippen LogP) is 6.01. The Morgan fingerprint density at radius 3 is 1.71 bits per heavy atom. The highest BCUT2D eigenvalue weighted by molar-refractivity contribution is 6.05. The molecule has 2 N–H and O–H groups in total. The summed E-state index contributed by atoms with van der Waals surface area (Å²) in [6.07, 6.45) is 9.98. The Hall–Kier alpha value is -1.39. The van der Waals surface area contributed by atoms with Gasteiger partial charge in [0, 0.05) is 6.04 Å². The van der Waals surface area contributed by atoms with Crippen LogP contribution in [0.15, 0.2) is 0 Å². The van der Waals surface area contributed by atoms with Gasteiger partial charge in [-0.05, 0) is 82.0 Å². The van der Waals surface area contributed by atoms with Crippen molar-refractivity contribution in [2.75, 3.05) is 0 Å². The zero-order chi connectivity index (χ0) is 25.3. The number of nitrogens with one attached hydrogen (secondary N) is 2. The number of hydrogen-bond donors (Lipinski definition) is 2. The number of carbonyl (C=O) groups excluding carboxylic acids is 3. The molecule has 2 saturated carbocycles. The molecule has 5 heteroatoms. The van der Waals surface area contributed by atoms with Crippen LogP contribution in [0.5, 0.6) is 0 Å². The number of fused-ring (bicyclic) bond motifs is 2. The van der Waals surface area contributed by atoms with Gasteiger partial charge in [-0.3, -0.25) is 19.7 Å². The van der Waals surface area contributed by atoms with Crippen molar-refractivity contribution in [3.05, 3.63) is 0 Å². The summed E-state index contributed by atoms with van der Waals surface area (Å²) >= 11 is 0. The van der Waals surface area contributed by atoms with Gasteiger partial charge in [-0.15, -0.1) is 0 Å². The first-order valence-corrected chi connectivity index (χ1v) is 14.0. The number of carbonyl (C=O) groups is 3. The Bertz CT molecular complexity index is 731. The highest BCUT2D eigenvalue weighted by Crippen LogP contribution is 2.62. The van der Waals surface area contributed by atoms with Gasteiger partial charge < -0.3 is 5.32 Å². The maximum absolute atomic E-state index is 14.3. The smallest absolute Gasteiger partial charge is 0.232 e. The molecule has 3 aliphatic rings. The monoisotopic (exact) mass is 474 g/mol. The maximum atomic E-state index is 14.3. The minimum Gasteiger partial charge on any atom is -0.353 e. The van der Waals surface area contributed by atoms with Crippen LogP contribution in [0.4, 0.5) is 0 Å². The van der Waals surface area contributed by atoms with E-state index in [1.165, 1.54) is 32.1 Å². The van der Waals surface area contributed by atoms with Crippen LogP contribution < -0.4 is 10.6 Å². The second kappa shape index (κ2) is 10.3. The molecule has 3 amide bonds. The van der Waals surface area contributed by atoms with Crippen LogP contribution in [-0.4, -0.2) is 23.8 Å². The summed E-state index contributed by atoms with van der Waals surface area (Å²) in [7, 11) is 0. The van der Waals surface area contributed by atoms with E-state index in [1.807, 2.05) is 0 Å². The van der Waals surface area contributed by atoms with Gasteiger partial charge in [-0.2, -0.15) is 0 Å². The van der Waals surface area contributed by atoms with Crippen molar-refractivity contribution in [3.63, 3.8) is 0 Å². The molecule has 2 unspecified atom stereocenters. The van der Waals surface area contributed by atoms with Crippen molar-refractivity contribution in [3.8, 4) is 0 Å². The quantitative estimate of drug-likeness (QED) is 0.402. The third kappa shape index (κ3) is 5.54. The fraction of sp³-hybridized carbons (Fsp3) is 0.897. The van der Waals surface area contributed by atoms with Gasteiger partial charge in [0.1, 0.15) is 0 Å². The molecule has 194 valence electrons. The van der Waals surface area contributed by atoms with Gasteiger partial charge in [0.2, 0.25) is 17.7 Å². The van der Waals surface area contributed by atoms with E-state index in [0.29, 0.717) is 42.9 Å². The average molecular weight is 475 g/mol. The average Bonchev–Trinajstić information content (AvgIpc) is 2.71. The van der Waals surface area contributed by atoms with Crippen LogP contribution in [0.1, 0.15) is 119 Å². The lowest BCUT2D eigenvalue weighted by Crippen LogP contribution is -2.67. The highest BCUT2D eigenvalue weighted by Gasteiger charge is 2.65. The third-order valence-corrected chi connectivity index (χ3v) is 8.82. The first-order valence-electron chi connectivity index (χ1n) is 14.0. The minimum atomic E-state index is -0.688. The molecule has 1 saturated heterocycles. The highest BCUT2D eigenvalue weighted by atomic mass is 16.2. The van der Waals surface area contributed by atoms with E-state index < -0.39 is 16.2 Å². The Kier molecular flexibility index (Phi) is 8.24. The molecule has 0 aromatic rings. The van der Waals surface area contributed by atoms with E-state index in [1.54, 1.807) is 0 Å². The van der Waals surface area contributed by atoms with Gasteiger partial charge in [-0.1, -0.05) is 60.8 Å². The van der Waals surface area contributed by atoms with Crippen molar-refractivity contribution in [2.24, 2.45) is 39.9 Å². The summed E-state index contributed by atoms with van der Waals surface area (Å²) in [5.74, 6) is 1.25. The molecule has 5 nitrogen and oxygen atoms in total. The topological polar surface area (TPSA) is 75.3 Å². The summed E-state index contributed by atoms with van der Waals surface area (Å²) in [5, 5.41) is 6.23. The molecule has 2 bridgehead atoms. The van der Waals surface area contributed by atoms with Gasteiger partial charge >= 0.3 is 0 Å². The van der Waals surface area contributed by atoms with Crippen LogP contribution in [0.25, 0.3) is 0 Å². The van der Waals surface area contributed by atoms with Crippen LogP contribution in [0.2, 0.25) is 0 Å². The molecule has 34 heavy (non-hydrogen) atoms. The predicted molar refractivity (Wildman–Crippen MR) is 137 cm³/mol. The molecule has 3 fully saturated rings. The summed E-state index contributed by atoms with van der Waals surface area (Å²) in [5.41, 5.74) is -2.00. The molecule has 3 atom stereocenters. The largest absolute Gasteiger partial charge is 0.353 e. The van der Waals surface area contributed by atoms with Crippen LogP contribution in [-0.2, 0) is 14.4 Å². The second-order valence-corrected chi connectivity index (χ2v) is 13.6. The molecule has 2 aliphatic carbocycles. The fourth-order valence-electron chi connectivity index (χ4n) is 8.15. The minimum absolute atomic E-state index is 0.0859. The van der Waals surface area contributed by atoms with Crippen molar-refractivity contribution in [2.45, 2.75) is 125 Å². The van der Waals surface area contributed by atoms with E-state index in [0.717, 1.165) is 19.3 Å². The Morgan fingerprint density at radius 2 is 1.26 bits per heavy atom. The van der Waals surface area contributed by atoms with Crippen molar-refractivity contribution in [1.29, 1.82) is 0 Å². The lowest BCUT2D eigenvalue weighted by Gasteiger charge is -2.58. The lowest BCUT2D eigenvalue weighted by atomic mass is 9.46. The van der Waals surface area contributed by atoms with Gasteiger partial charge in [0.15, 0.2) is 0 Å². The van der Waals surface area contributed by atoms with Crippen molar-refractivity contribution < 1.29 is 14.4 Å². The Labute approximate surface area is 208 Å². The molecule has 0 spiro atoms. The van der Waals surface area contributed by atoms with Crippen LogP contribution in [0.3, 0.4) is 0 Å². The maximum Gasteiger partial charge on any atom is 0.232 e. The summed E-state index contributed by atoms with van der Waals surface area (Å²) in [6.45, 7) is 15.1. The molecule has 1 aliphatic heterocycles. The normalized spacial score (nSPS) is 33.4. The zero-order valence-electron chi connectivity index (χ0n) is 22.9. The van der Waals surface area contributed by atoms with E-state index in [2.05, 4.69) is 59.1 Å². The summed E-state index contributed by atoms with van der Waals surface area (Å²) < 4.78 is 0. The lowest BCUT2D eigenvalue weighted by molar-refractivity contribution is -0.173. The van der Waals surface area contributed by atoms with E-state index in [-0.39, 0.29) is 23.8 Å². The second-order valence-electron chi connectivity index (χ2n) is 13.6. The summed E-state index contributed by atoms with van der Waals surface area (Å²) in [6, 6.07) is 0.130. The number of imide groups is 1. The fourth-order valence-corrected chi connectivity index (χ4v) is 8.15. The Morgan fingerprint density at radius 1 is 0.794 bits per heavy atom.